The van der Waals surface area contributed by atoms with Crippen molar-refractivity contribution in [3.8, 4) is 0 Å². The minimum Gasteiger partial charge on any atom is -0.421 e. The molecule has 1 aliphatic heterocycles. The van der Waals surface area contributed by atoms with Crippen molar-refractivity contribution in [2.75, 3.05) is 13.2 Å². The van der Waals surface area contributed by atoms with Crippen LogP contribution in [0.5, 0.6) is 0 Å². The van der Waals surface area contributed by atoms with Crippen molar-refractivity contribution in [2.45, 2.75) is 64.3 Å². The van der Waals surface area contributed by atoms with E-state index >= 15 is 0 Å². The molecule has 7 heteroatoms. The lowest BCUT2D eigenvalue weighted by atomic mass is 9.90. The fraction of sp³-hybridized carbons (Fsp3) is 0.600. The number of hydrogen-bond acceptors (Lipinski definition) is 7. The lowest BCUT2D eigenvalue weighted by Crippen LogP contribution is -2.46. The summed E-state index contributed by atoms with van der Waals surface area (Å²) in [7, 11) is 0. The highest BCUT2D eigenvalue weighted by atomic mass is 16.8. The molecule has 7 nitrogen and oxygen atoms in total. The quantitative estimate of drug-likeness (QED) is 0.309. The van der Waals surface area contributed by atoms with Crippen molar-refractivity contribution in [3.05, 3.63) is 37.5 Å². The fourth-order valence-electron chi connectivity index (χ4n) is 2.71. The molecule has 0 unspecified atom stereocenters. The van der Waals surface area contributed by atoms with Gasteiger partial charge >= 0.3 is 11.9 Å². The van der Waals surface area contributed by atoms with Gasteiger partial charge in [0.05, 0.1) is 13.2 Å². The standard InChI is InChI=1S/C20H30O7/c1-7-9-11-20(23-13-8-2,17-14-24-19(5,6)27-17)12-10-18(25-15(3)21)26-16(4)22/h7-8,10,12,17-18H,1-2,9,11,13-14H2,3-6H3/b12-10+/t17-,20-/m0/s1. The Bertz CT molecular complexity index is 537. The molecular weight excluding hydrogens is 352 g/mol. The van der Waals surface area contributed by atoms with E-state index in [1.165, 1.54) is 19.9 Å². The summed E-state index contributed by atoms with van der Waals surface area (Å²) in [5, 5.41) is 0. The van der Waals surface area contributed by atoms with E-state index < -0.39 is 35.7 Å². The first kappa shape index (κ1) is 23.1. The number of hydrogen-bond donors (Lipinski definition) is 0. The third kappa shape index (κ3) is 7.66. The van der Waals surface area contributed by atoms with Crippen LogP contribution in [0, 0.1) is 0 Å². The van der Waals surface area contributed by atoms with E-state index in [9.17, 15) is 9.59 Å². The van der Waals surface area contributed by atoms with Crippen molar-refractivity contribution in [1.29, 1.82) is 0 Å². The molecule has 0 aromatic carbocycles. The Morgan fingerprint density at radius 3 is 2.30 bits per heavy atom. The van der Waals surface area contributed by atoms with Crippen LogP contribution in [0.3, 0.4) is 0 Å². The van der Waals surface area contributed by atoms with Crippen LogP contribution in [0.25, 0.3) is 0 Å². The summed E-state index contributed by atoms with van der Waals surface area (Å²) in [6.07, 6.45) is 6.19. The highest BCUT2D eigenvalue weighted by Crippen LogP contribution is 2.35. The van der Waals surface area contributed by atoms with Crippen LogP contribution in [0.15, 0.2) is 37.5 Å². The smallest absolute Gasteiger partial charge is 0.305 e. The van der Waals surface area contributed by atoms with Gasteiger partial charge in [-0.05, 0) is 38.8 Å². The van der Waals surface area contributed by atoms with Gasteiger partial charge in [0.2, 0.25) is 0 Å². The number of carbonyl (C=O) groups excluding carboxylic acids is 2. The molecule has 0 N–H and O–H groups in total. The maximum absolute atomic E-state index is 11.3. The maximum atomic E-state index is 11.3. The summed E-state index contributed by atoms with van der Waals surface area (Å²) < 4.78 is 27.9. The van der Waals surface area contributed by atoms with E-state index in [-0.39, 0.29) is 6.61 Å². The number of carbonyl (C=O) groups is 2. The van der Waals surface area contributed by atoms with Crippen LogP contribution in [0.1, 0.15) is 40.5 Å². The molecule has 27 heavy (non-hydrogen) atoms. The van der Waals surface area contributed by atoms with E-state index in [1.54, 1.807) is 18.2 Å². The van der Waals surface area contributed by atoms with Gasteiger partial charge in [-0.2, -0.15) is 0 Å². The molecule has 1 fully saturated rings. The Morgan fingerprint density at radius 2 is 1.85 bits per heavy atom. The lowest BCUT2D eigenvalue weighted by Gasteiger charge is -2.36. The molecule has 1 rings (SSSR count). The van der Waals surface area contributed by atoms with Crippen molar-refractivity contribution >= 4 is 11.9 Å². The van der Waals surface area contributed by atoms with Crippen molar-refractivity contribution in [3.63, 3.8) is 0 Å². The lowest BCUT2D eigenvalue weighted by molar-refractivity contribution is -0.177. The van der Waals surface area contributed by atoms with Gasteiger partial charge in [-0.1, -0.05) is 12.2 Å². The largest absolute Gasteiger partial charge is 0.421 e. The highest BCUT2D eigenvalue weighted by molar-refractivity contribution is 5.68. The molecule has 0 aromatic rings. The van der Waals surface area contributed by atoms with Crippen LogP contribution < -0.4 is 0 Å². The number of esters is 2. The Morgan fingerprint density at radius 1 is 1.22 bits per heavy atom. The summed E-state index contributed by atoms with van der Waals surface area (Å²) in [5.41, 5.74) is -0.908. The summed E-state index contributed by atoms with van der Waals surface area (Å²) in [4.78, 5) is 22.6. The van der Waals surface area contributed by atoms with Gasteiger partial charge in [0.15, 0.2) is 5.79 Å². The third-order valence-electron chi connectivity index (χ3n) is 3.86. The first-order valence-electron chi connectivity index (χ1n) is 8.85. The minimum atomic E-state index is -1.16. The second-order valence-corrected chi connectivity index (χ2v) is 6.65. The topological polar surface area (TPSA) is 80.3 Å². The normalized spacial score (nSPS) is 21.0. The van der Waals surface area contributed by atoms with E-state index in [0.717, 1.165) is 0 Å². The van der Waals surface area contributed by atoms with Gasteiger partial charge in [-0.3, -0.25) is 9.59 Å². The zero-order valence-corrected chi connectivity index (χ0v) is 16.6. The molecule has 152 valence electrons. The molecule has 0 amide bonds. The van der Waals surface area contributed by atoms with Gasteiger partial charge in [0.1, 0.15) is 11.7 Å². The summed E-state index contributed by atoms with van der Waals surface area (Å²) >= 11 is 0. The van der Waals surface area contributed by atoms with Crippen LogP contribution in [0.2, 0.25) is 0 Å². The minimum absolute atomic E-state index is 0.271. The maximum Gasteiger partial charge on any atom is 0.305 e. The zero-order valence-electron chi connectivity index (χ0n) is 16.6. The van der Waals surface area contributed by atoms with Crippen molar-refractivity contribution < 1.29 is 33.3 Å². The molecular formula is C20H30O7. The monoisotopic (exact) mass is 382 g/mol. The summed E-state index contributed by atoms with van der Waals surface area (Å²) in [6.45, 7) is 14.2. The second-order valence-electron chi connectivity index (χ2n) is 6.65. The zero-order chi connectivity index (χ0) is 20.5. The summed E-state index contributed by atoms with van der Waals surface area (Å²) in [5.74, 6) is -1.90. The Labute approximate surface area is 160 Å². The van der Waals surface area contributed by atoms with Crippen LogP contribution >= 0.6 is 0 Å². The van der Waals surface area contributed by atoms with Gasteiger partial charge in [0.25, 0.3) is 6.29 Å². The first-order valence-corrected chi connectivity index (χ1v) is 8.85. The van der Waals surface area contributed by atoms with E-state index in [1.807, 2.05) is 13.8 Å². The molecule has 1 aliphatic rings. The Hall–Kier alpha value is -1.96. The number of rotatable bonds is 11. The Balaban J connectivity index is 3.18. The Kier molecular flexibility index (Phi) is 8.88. The second kappa shape index (κ2) is 10.4. The van der Waals surface area contributed by atoms with E-state index in [2.05, 4.69) is 13.2 Å². The first-order chi connectivity index (χ1) is 12.6. The molecule has 0 aliphatic carbocycles. The molecule has 0 aromatic heterocycles. The van der Waals surface area contributed by atoms with Gasteiger partial charge < -0.3 is 23.7 Å². The molecule has 0 saturated carbocycles. The molecule has 1 saturated heterocycles. The third-order valence-corrected chi connectivity index (χ3v) is 3.86. The SMILES string of the molecule is C=CCC[C@@](/C=C/C(OC(C)=O)OC(C)=O)(OCC=C)[C@@H]1COC(C)(C)O1. The van der Waals surface area contributed by atoms with Gasteiger partial charge in [-0.25, -0.2) is 0 Å². The van der Waals surface area contributed by atoms with Crippen LogP contribution in [0.4, 0.5) is 0 Å². The van der Waals surface area contributed by atoms with Gasteiger partial charge in [-0.15, -0.1) is 13.2 Å². The fourth-order valence-corrected chi connectivity index (χ4v) is 2.71. The predicted molar refractivity (Wildman–Crippen MR) is 99.7 cm³/mol. The molecule has 1 heterocycles. The highest BCUT2D eigenvalue weighted by Gasteiger charge is 2.46. The molecule has 0 spiro atoms. The number of allylic oxidation sites excluding steroid dienone is 1. The molecule has 0 radical (unpaired) electrons. The van der Waals surface area contributed by atoms with E-state index in [4.69, 9.17) is 23.7 Å². The number of ether oxygens (including phenoxy) is 5. The summed E-state index contributed by atoms with van der Waals surface area (Å²) in [6, 6.07) is 0. The van der Waals surface area contributed by atoms with E-state index in [0.29, 0.717) is 19.4 Å². The van der Waals surface area contributed by atoms with Crippen molar-refractivity contribution in [2.24, 2.45) is 0 Å². The average Bonchev–Trinajstić information content (AvgIpc) is 2.94. The average molecular weight is 382 g/mol. The molecule has 2 atom stereocenters. The van der Waals surface area contributed by atoms with Crippen LogP contribution in [-0.4, -0.2) is 48.9 Å². The van der Waals surface area contributed by atoms with Crippen molar-refractivity contribution in [1.82, 2.24) is 0 Å². The molecule has 0 bridgehead atoms. The predicted octanol–water partition coefficient (Wildman–Crippen LogP) is 3.05. The van der Waals surface area contributed by atoms with Gasteiger partial charge in [0, 0.05) is 13.8 Å². The van der Waals surface area contributed by atoms with Crippen LogP contribution in [-0.2, 0) is 33.3 Å².